The van der Waals surface area contributed by atoms with E-state index in [-0.39, 0.29) is 5.38 Å². The summed E-state index contributed by atoms with van der Waals surface area (Å²) in [6.07, 6.45) is 0.709. The fourth-order valence-corrected chi connectivity index (χ4v) is 1.90. The second-order valence-corrected chi connectivity index (χ2v) is 5.26. The van der Waals surface area contributed by atoms with E-state index in [1.807, 2.05) is 45.0 Å². The Morgan fingerprint density at radius 3 is 2.42 bits per heavy atom. The molecular weight excluding hydrogens is 260 g/mol. The normalized spacial score (nSPS) is 12.5. The minimum absolute atomic E-state index is 0.215. The molecule has 1 aromatic carbocycles. The molecule has 0 aliphatic heterocycles. The van der Waals surface area contributed by atoms with Gasteiger partial charge < -0.3 is 9.47 Å². The molecule has 0 aliphatic carbocycles. The lowest BCUT2D eigenvalue weighted by molar-refractivity contribution is 0.0361. The van der Waals surface area contributed by atoms with Crippen LogP contribution in [0.1, 0.15) is 26.3 Å². The number of hydrogen-bond acceptors (Lipinski definition) is 2. The molecule has 2 nitrogen and oxygen atoms in total. The lowest BCUT2D eigenvalue weighted by atomic mass is 10.1. The predicted molar refractivity (Wildman–Crippen MR) is 79.8 cm³/mol. The van der Waals surface area contributed by atoms with E-state index in [0.29, 0.717) is 13.0 Å². The molecule has 0 heterocycles. The van der Waals surface area contributed by atoms with Crippen LogP contribution in [-0.2, 0) is 11.2 Å². The van der Waals surface area contributed by atoms with E-state index < -0.39 is 5.60 Å². The van der Waals surface area contributed by atoms with Crippen LogP contribution in [0.4, 0.5) is 0 Å². The Morgan fingerprint density at radius 1 is 1.26 bits per heavy atom. The quantitative estimate of drug-likeness (QED) is 0.605. The van der Waals surface area contributed by atoms with Gasteiger partial charge in [0.15, 0.2) is 0 Å². The molecule has 0 saturated heterocycles. The molecular formula is C16H21ClO2. The second-order valence-electron chi connectivity index (χ2n) is 4.73. The lowest BCUT2D eigenvalue weighted by Crippen LogP contribution is -2.22. The van der Waals surface area contributed by atoms with Crippen LogP contribution < -0.4 is 4.74 Å². The molecule has 1 rings (SSSR count). The number of alkyl halides is 1. The van der Waals surface area contributed by atoms with E-state index >= 15 is 0 Å². The van der Waals surface area contributed by atoms with E-state index in [0.717, 1.165) is 11.3 Å². The minimum Gasteiger partial charge on any atom is -0.497 e. The van der Waals surface area contributed by atoms with Gasteiger partial charge >= 0.3 is 0 Å². The third-order valence-electron chi connectivity index (χ3n) is 2.61. The van der Waals surface area contributed by atoms with E-state index in [1.54, 1.807) is 7.11 Å². The number of halogens is 1. The van der Waals surface area contributed by atoms with Crippen molar-refractivity contribution in [3.05, 3.63) is 29.8 Å². The first kappa shape index (κ1) is 15.9. The Hall–Kier alpha value is -1.17. The van der Waals surface area contributed by atoms with Crippen LogP contribution in [0.2, 0.25) is 0 Å². The van der Waals surface area contributed by atoms with Crippen molar-refractivity contribution in [2.24, 2.45) is 0 Å². The van der Waals surface area contributed by atoms with Gasteiger partial charge in [-0.2, -0.15) is 0 Å². The number of methoxy groups -OCH3 is 1. The van der Waals surface area contributed by atoms with Gasteiger partial charge in [0.2, 0.25) is 0 Å². The van der Waals surface area contributed by atoms with Gasteiger partial charge in [0, 0.05) is 6.61 Å². The zero-order valence-electron chi connectivity index (χ0n) is 12.0. The van der Waals surface area contributed by atoms with Crippen molar-refractivity contribution in [1.29, 1.82) is 0 Å². The van der Waals surface area contributed by atoms with Gasteiger partial charge in [0.25, 0.3) is 0 Å². The second kappa shape index (κ2) is 7.43. The van der Waals surface area contributed by atoms with Crippen molar-refractivity contribution >= 4 is 11.6 Å². The maximum absolute atomic E-state index is 6.23. The third kappa shape index (κ3) is 6.00. The number of hydrogen-bond donors (Lipinski definition) is 0. The average Bonchev–Trinajstić information content (AvgIpc) is 2.37. The fourth-order valence-electron chi connectivity index (χ4n) is 1.67. The summed E-state index contributed by atoms with van der Waals surface area (Å²) in [5.74, 6) is 6.96. The van der Waals surface area contributed by atoms with Gasteiger partial charge in [-0.05, 0) is 44.9 Å². The molecule has 0 aromatic heterocycles. The smallest absolute Gasteiger partial charge is 0.123 e. The fraction of sp³-hybridized carbons (Fsp3) is 0.500. The number of ether oxygens (including phenoxy) is 2. The number of benzene rings is 1. The van der Waals surface area contributed by atoms with Crippen LogP contribution in [0.3, 0.4) is 0 Å². The summed E-state index contributed by atoms with van der Waals surface area (Å²) in [6, 6.07) is 7.86. The summed E-state index contributed by atoms with van der Waals surface area (Å²) >= 11 is 6.23. The van der Waals surface area contributed by atoms with E-state index in [2.05, 4.69) is 11.8 Å². The Bertz CT molecular complexity index is 440. The molecule has 19 heavy (non-hydrogen) atoms. The van der Waals surface area contributed by atoms with Crippen LogP contribution in [0.25, 0.3) is 0 Å². The molecule has 0 radical (unpaired) electrons. The SMILES string of the molecule is CCOC(C)(C)C#CC(Cl)Cc1ccc(OC)cc1. The monoisotopic (exact) mass is 280 g/mol. The summed E-state index contributed by atoms with van der Waals surface area (Å²) in [6.45, 7) is 6.49. The Kier molecular flexibility index (Phi) is 6.21. The molecule has 0 aliphatic rings. The van der Waals surface area contributed by atoms with Crippen molar-refractivity contribution < 1.29 is 9.47 Å². The molecule has 0 saturated carbocycles. The highest BCUT2D eigenvalue weighted by Crippen LogP contribution is 2.14. The van der Waals surface area contributed by atoms with Crippen LogP contribution >= 0.6 is 11.6 Å². The summed E-state index contributed by atoms with van der Waals surface area (Å²) in [5.41, 5.74) is 0.700. The molecule has 0 fully saturated rings. The first-order valence-corrected chi connectivity index (χ1v) is 6.84. The standard InChI is InChI=1S/C16H21ClO2/c1-5-19-16(2,3)11-10-14(17)12-13-6-8-15(18-4)9-7-13/h6-9,14H,5,12H2,1-4H3. The lowest BCUT2D eigenvalue weighted by Gasteiger charge is -2.17. The molecule has 0 N–H and O–H groups in total. The van der Waals surface area contributed by atoms with Crippen LogP contribution in [0.5, 0.6) is 5.75 Å². The van der Waals surface area contributed by atoms with Gasteiger partial charge in [-0.25, -0.2) is 0 Å². The van der Waals surface area contributed by atoms with E-state index in [9.17, 15) is 0 Å². The van der Waals surface area contributed by atoms with Crippen LogP contribution in [0, 0.1) is 11.8 Å². The third-order valence-corrected chi connectivity index (χ3v) is 2.87. The Morgan fingerprint density at radius 2 is 1.89 bits per heavy atom. The molecule has 0 amide bonds. The Labute approximate surface area is 121 Å². The van der Waals surface area contributed by atoms with E-state index in [4.69, 9.17) is 21.1 Å². The molecule has 1 unspecified atom stereocenters. The van der Waals surface area contributed by atoms with Crippen LogP contribution in [0.15, 0.2) is 24.3 Å². The maximum atomic E-state index is 6.23. The minimum atomic E-state index is -0.443. The van der Waals surface area contributed by atoms with Crippen molar-refractivity contribution in [2.45, 2.75) is 38.2 Å². The average molecular weight is 281 g/mol. The summed E-state index contributed by atoms with van der Waals surface area (Å²) in [7, 11) is 1.65. The highest BCUT2D eigenvalue weighted by Gasteiger charge is 2.13. The van der Waals surface area contributed by atoms with Crippen molar-refractivity contribution in [3.8, 4) is 17.6 Å². The summed E-state index contributed by atoms with van der Waals surface area (Å²) in [5, 5.41) is -0.215. The zero-order chi connectivity index (χ0) is 14.3. The first-order chi connectivity index (χ1) is 8.96. The molecule has 3 heteroatoms. The van der Waals surface area contributed by atoms with Gasteiger partial charge in [-0.1, -0.05) is 24.0 Å². The summed E-state index contributed by atoms with van der Waals surface area (Å²) < 4.78 is 10.6. The highest BCUT2D eigenvalue weighted by molar-refractivity contribution is 6.22. The van der Waals surface area contributed by atoms with E-state index in [1.165, 1.54) is 0 Å². The maximum Gasteiger partial charge on any atom is 0.123 e. The van der Waals surface area contributed by atoms with Crippen molar-refractivity contribution in [1.82, 2.24) is 0 Å². The molecule has 0 bridgehead atoms. The van der Waals surface area contributed by atoms with Gasteiger partial charge in [-0.3, -0.25) is 0 Å². The van der Waals surface area contributed by atoms with Gasteiger partial charge in [0.1, 0.15) is 11.4 Å². The molecule has 104 valence electrons. The predicted octanol–water partition coefficient (Wildman–Crippen LogP) is 3.66. The molecule has 0 spiro atoms. The largest absolute Gasteiger partial charge is 0.497 e. The first-order valence-electron chi connectivity index (χ1n) is 6.40. The molecule has 1 atom stereocenters. The molecule has 1 aromatic rings. The summed E-state index contributed by atoms with van der Waals surface area (Å²) in [4.78, 5) is 0. The van der Waals surface area contributed by atoms with Gasteiger partial charge in [0.05, 0.1) is 12.5 Å². The number of rotatable bonds is 5. The topological polar surface area (TPSA) is 18.5 Å². The zero-order valence-corrected chi connectivity index (χ0v) is 12.8. The van der Waals surface area contributed by atoms with Crippen molar-refractivity contribution in [2.75, 3.05) is 13.7 Å². The Balaban J connectivity index is 2.59. The highest BCUT2D eigenvalue weighted by atomic mass is 35.5. The van der Waals surface area contributed by atoms with Gasteiger partial charge in [-0.15, -0.1) is 11.6 Å². The van der Waals surface area contributed by atoms with Crippen molar-refractivity contribution in [3.63, 3.8) is 0 Å². The van der Waals surface area contributed by atoms with Crippen LogP contribution in [-0.4, -0.2) is 24.7 Å².